The molecule has 114 valence electrons. The van der Waals surface area contributed by atoms with Gasteiger partial charge in [-0.1, -0.05) is 24.6 Å². The van der Waals surface area contributed by atoms with Crippen LogP contribution in [-0.4, -0.2) is 48.7 Å². The van der Waals surface area contributed by atoms with E-state index in [2.05, 4.69) is 21.9 Å². The summed E-state index contributed by atoms with van der Waals surface area (Å²) in [5.41, 5.74) is 2.40. The normalized spacial score (nSPS) is 22.9. The summed E-state index contributed by atoms with van der Waals surface area (Å²) in [7, 11) is 0. The van der Waals surface area contributed by atoms with E-state index in [9.17, 15) is 9.90 Å². The molecule has 21 heavy (non-hydrogen) atoms. The van der Waals surface area contributed by atoms with Gasteiger partial charge in [0.2, 0.25) is 0 Å². The third-order valence-corrected chi connectivity index (χ3v) is 4.72. The minimum Gasteiger partial charge on any atom is -0.481 e. The molecule has 1 atom stereocenters. The zero-order valence-electron chi connectivity index (χ0n) is 12.5. The lowest BCUT2D eigenvalue weighted by Gasteiger charge is -2.36. The number of carbonyl (C=O) groups is 1. The highest BCUT2D eigenvalue weighted by molar-refractivity contribution is 5.73. The van der Waals surface area contributed by atoms with Crippen molar-refractivity contribution in [2.45, 2.75) is 25.7 Å². The zero-order valence-corrected chi connectivity index (χ0v) is 12.5. The first-order valence-electron chi connectivity index (χ1n) is 8.02. The first-order valence-corrected chi connectivity index (χ1v) is 8.02. The molecule has 2 aliphatic rings. The molecule has 3 rings (SSSR count). The lowest BCUT2D eigenvalue weighted by molar-refractivity contribution is -0.141. The van der Waals surface area contributed by atoms with Crippen molar-refractivity contribution in [2.24, 2.45) is 5.92 Å². The second-order valence-electron chi connectivity index (χ2n) is 6.22. The fourth-order valence-electron chi connectivity index (χ4n) is 3.51. The van der Waals surface area contributed by atoms with Crippen LogP contribution in [0.1, 0.15) is 24.8 Å². The number of aliphatic carboxylic acids is 1. The number of likely N-dealkylation sites (tertiary alicyclic amines) is 1. The highest BCUT2D eigenvalue weighted by Gasteiger charge is 2.28. The van der Waals surface area contributed by atoms with Crippen molar-refractivity contribution in [3.05, 3.63) is 29.8 Å². The second-order valence-corrected chi connectivity index (χ2v) is 6.22. The van der Waals surface area contributed by atoms with Crippen molar-refractivity contribution in [2.75, 3.05) is 37.6 Å². The molecule has 1 aromatic carbocycles. The summed E-state index contributed by atoms with van der Waals surface area (Å²) in [6.45, 7) is 5.00. The number of piperidine rings is 1. The number of rotatable bonds is 4. The van der Waals surface area contributed by atoms with Crippen molar-refractivity contribution < 1.29 is 9.90 Å². The quantitative estimate of drug-likeness (QED) is 0.923. The molecule has 0 amide bonds. The van der Waals surface area contributed by atoms with Crippen LogP contribution in [0.5, 0.6) is 0 Å². The first kappa shape index (κ1) is 14.4. The molecule has 1 saturated heterocycles. The molecule has 1 aromatic rings. The van der Waals surface area contributed by atoms with E-state index in [-0.39, 0.29) is 5.92 Å². The van der Waals surface area contributed by atoms with Gasteiger partial charge in [0.1, 0.15) is 0 Å². The van der Waals surface area contributed by atoms with Gasteiger partial charge in [-0.3, -0.25) is 4.79 Å². The van der Waals surface area contributed by atoms with Gasteiger partial charge >= 0.3 is 5.97 Å². The number of nitrogens with zero attached hydrogens (tertiary/aromatic N) is 2. The number of para-hydroxylation sites is 1. The standard InChI is InChI=1S/C17H24N2O2/c20-17(21)15-12-14-6-2-3-7-16(14)19(13-15)11-10-18-8-4-1-5-9-18/h2-3,6-7,15H,1,4-5,8-13H2,(H,20,21). The van der Waals surface area contributed by atoms with Gasteiger partial charge in [0.25, 0.3) is 0 Å². The highest BCUT2D eigenvalue weighted by Crippen LogP contribution is 2.29. The van der Waals surface area contributed by atoms with E-state index in [1.807, 2.05) is 12.1 Å². The van der Waals surface area contributed by atoms with E-state index in [4.69, 9.17) is 0 Å². The van der Waals surface area contributed by atoms with Crippen LogP contribution in [-0.2, 0) is 11.2 Å². The average Bonchev–Trinajstić information content (AvgIpc) is 2.53. The third kappa shape index (κ3) is 3.38. The molecule has 4 nitrogen and oxygen atoms in total. The fraction of sp³-hybridized carbons (Fsp3) is 0.588. The van der Waals surface area contributed by atoms with Gasteiger partial charge in [-0.2, -0.15) is 0 Å². The molecule has 4 heteroatoms. The summed E-state index contributed by atoms with van der Waals surface area (Å²) < 4.78 is 0. The van der Waals surface area contributed by atoms with E-state index < -0.39 is 5.97 Å². The van der Waals surface area contributed by atoms with Gasteiger partial charge in [-0.15, -0.1) is 0 Å². The molecule has 0 radical (unpaired) electrons. The summed E-state index contributed by atoms with van der Waals surface area (Å²) in [6.07, 6.45) is 4.61. The largest absolute Gasteiger partial charge is 0.481 e. The first-order chi connectivity index (χ1) is 10.2. The van der Waals surface area contributed by atoms with Crippen molar-refractivity contribution >= 4 is 11.7 Å². The Balaban J connectivity index is 1.69. The molecule has 2 heterocycles. The molecule has 0 aromatic heterocycles. The van der Waals surface area contributed by atoms with Crippen LogP contribution in [0.3, 0.4) is 0 Å². The Labute approximate surface area is 126 Å². The van der Waals surface area contributed by atoms with E-state index in [1.54, 1.807) is 0 Å². The Hall–Kier alpha value is -1.55. The Kier molecular flexibility index (Phi) is 4.44. The topological polar surface area (TPSA) is 43.8 Å². The monoisotopic (exact) mass is 288 g/mol. The van der Waals surface area contributed by atoms with Crippen LogP contribution in [0.15, 0.2) is 24.3 Å². The molecule has 0 aliphatic carbocycles. The molecule has 0 saturated carbocycles. The van der Waals surface area contributed by atoms with Crippen LogP contribution in [0.4, 0.5) is 5.69 Å². The third-order valence-electron chi connectivity index (χ3n) is 4.72. The number of benzene rings is 1. The minimum atomic E-state index is -0.674. The lowest BCUT2D eigenvalue weighted by atomic mass is 9.92. The predicted octanol–water partition coefficient (Wildman–Crippen LogP) is 2.24. The highest BCUT2D eigenvalue weighted by atomic mass is 16.4. The Morgan fingerprint density at radius 3 is 2.67 bits per heavy atom. The van der Waals surface area contributed by atoms with Gasteiger partial charge < -0.3 is 14.9 Å². The zero-order chi connectivity index (χ0) is 14.7. The van der Waals surface area contributed by atoms with E-state index >= 15 is 0 Å². The molecular weight excluding hydrogens is 264 g/mol. The number of hydrogen-bond acceptors (Lipinski definition) is 3. The minimum absolute atomic E-state index is 0.277. The molecular formula is C17H24N2O2. The number of carboxylic acids is 1. The van der Waals surface area contributed by atoms with E-state index in [0.29, 0.717) is 13.0 Å². The maximum absolute atomic E-state index is 11.4. The van der Waals surface area contributed by atoms with Crippen molar-refractivity contribution in [1.29, 1.82) is 0 Å². The second kappa shape index (κ2) is 6.48. The Bertz CT molecular complexity index is 497. The van der Waals surface area contributed by atoms with E-state index in [0.717, 1.165) is 13.1 Å². The van der Waals surface area contributed by atoms with Gasteiger partial charge in [0.05, 0.1) is 5.92 Å². The average molecular weight is 288 g/mol. The van der Waals surface area contributed by atoms with Crippen LogP contribution < -0.4 is 4.90 Å². The molecule has 1 N–H and O–H groups in total. The number of carboxylic acid groups (broad SMARTS) is 1. The van der Waals surface area contributed by atoms with Crippen LogP contribution in [0, 0.1) is 5.92 Å². The van der Waals surface area contributed by atoms with E-state index in [1.165, 1.54) is 43.6 Å². The van der Waals surface area contributed by atoms with Crippen molar-refractivity contribution in [3.63, 3.8) is 0 Å². The van der Waals surface area contributed by atoms with Crippen molar-refractivity contribution in [1.82, 2.24) is 4.90 Å². The Morgan fingerprint density at radius 2 is 1.90 bits per heavy atom. The smallest absolute Gasteiger partial charge is 0.308 e. The molecule has 1 unspecified atom stereocenters. The van der Waals surface area contributed by atoms with Crippen molar-refractivity contribution in [3.8, 4) is 0 Å². The number of anilines is 1. The molecule has 0 bridgehead atoms. The maximum Gasteiger partial charge on any atom is 0.308 e. The molecule has 0 spiro atoms. The summed E-state index contributed by atoms with van der Waals surface area (Å²) in [5.74, 6) is -0.950. The molecule has 1 fully saturated rings. The van der Waals surface area contributed by atoms with Crippen LogP contribution >= 0.6 is 0 Å². The summed E-state index contributed by atoms with van der Waals surface area (Å²) >= 11 is 0. The van der Waals surface area contributed by atoms with Gasteiger partial charge in [-0.05, 0) is 44.0 Å². The van der Waals surface area contributed by atoms with Crippen LogP contribution in [0.2, 0.25) is 0 Å². The van der Waals surface area contributed by atoms with Crippen LogP contribution in [0.25, 0.3) is 0 Å². The number of fused-ring (bicyclic) bond motifs is 1. The number of hydrogen-bond donors (Lipinski definition) is 1. The Morgan fingerprint density at radius 1 is 1.14 bits per heavy atom. The SMILES string of the molecule is O=C(O)C1Cc2ccccc2N(CCN2CCCCC2)C1. The summed E-state index contributed by atoms with van der Waals surface area (Å²) in [5, 5.41) is 9.36. The fourth-order valence-corrected chi connectivity index (χ4v) is 3.51. The summed E-state index contributed by atoms with van der Waals surface area (Å²) in [6, 6.07) is 8.25. The van der Waals surface area contributed by atoms with Gasteiger partial charge in [0, 0.05) is 25.3 Å². The summed E-state index contributed by atoms with van der Waals surface area (Å²) in [4.78, 5) is 16.2. The maximum atomic E-state index is 11.4. The lowest BCUT2D eigenvalue weighted by Crippen LogP contribution is -2.43. The van der Waals surface area contributed by atoms with Gasteiger partial charge in [0.15, 0.2) is 0 Å². The predicted molar refractivity (Wildman–Crippen MR) is 83.8 cm³/mol. The van der Waals surface area contributed by atoms with Gasteiger partial charge in [-0.25, -0.2) is 0 Å². The molecule has 2 aliphatic heterocycles.